The van der Waals surface area contributed by atoms with Crippen LogP contribution in [0.1, 0.15) is 29.2 Å². The van der Waals surface area contributed by atoms with Gasteiger partial charge in [0, 0.05) is 0 Å². The van der Waals surface area contributed by atoms with Gasteiger partial charge in [-0.2, -0.15) is 39.5 Å². The summed E-state index contributed by atoms with van der Waals surface area (Å²) in [5.74, 6) is 0. The minimum Gasteiger partial charge on any atom is -0.166 e. The lowest BCUT2D eigenvalue weighted by atomic mass is 9.93. The van der Waals surface area contributed by atoms with Crippen LogP contribution < -0.4 is 0 Å². The lowest BCUT2D eigenvalue weighted by Crippen LogP contribution is -2.24. The van der Waals surface area contributed by atoms with E-state index in [1.165, 1.54) is 0 Å². The monoisotopic (exact) mass is 310 g/mol. The Balaban J connectivity index is 3.87. The van der Waals surface area contributed by atoms with Crippen LogP contribution in [0.5, 0.6) is 0 Å². The maximum absolute atomic E-state index is 12.7. The maximum Gasteiger partial charge on any atom is 0.417 e. The minimum atomic E-state index is -5.76. The number of aryl methyl sites for hydroxylation is 1. The molecule has 1 aromatic carbocycles. The molecule has 0 atom stereocenters. The van der Waals surface area contributed by atoms with Crippen molar-refractivity contribution < 1.29 is 39.5 Å². The molecule has 0 N–H and O–H groups in total. The van der Waals surface area contributed by atoms with Gasteiger partial charge in [0.2, 0.25) is 0 Å². The zero-order valence-corrected chi connectivity index (χ0v) is 9.76. The molecule has 114 valence electrons. The van der Waals surface area contributed by atoms with Crippen molar-refractivity contribution in [1.29, 1.82) is 0 Å². The lowest BCUT2D eigenvalue weighted by Gasteiger charge is -2.22. The van der Waals surface area contributed by atoms with Crippen molar-refractivity contribution in [2.75, 3.05) is 0 Å². The molecule has 0 aliphatic carbocycles. The van der Waals surface area contributed by atoms with E-state index in [1.54, 1.807) is 0 Å². The summed E-state index contributed by atoms with van der Waals surface area (Å²) >= 11 is 0. The Hall–Kier alpha value is -1.41. The zero-order valence-electron chi connectivity index (χ0n) is 9.76. The van der Waals surface area contributed by atoms with Gasteiger partial charge in [0.15, 0.2) is 0 Å². The van der Waals surface area contributed by atoms with Gasteiger partial charge in [-0.3, -0.25) is 0 Å². The van der Waals surface area contributed by atoms with Crippen LogP contribution in [0.4, 0.5) is 39.5 Å². The van der Waals surface area contributed by atoms with Crippen molar-refractivity contribution in [3.63, 3.8) is 0 Å². The van der Waals surface area contributed by atoms with E-state index < -0.39 is 47.2 Å². The summed E-state index contributed by atoms with van der Waals surface area (Å²) in [5.41, 5.74) is -8.13. The van der Waals surface area contributed by atoms with E-state index in [0.29, 0.717) is 6.07 Å². The predicted molar refractivity (Wildman–Crippen MR) is 50.8 cm³/mol. The largest absolute Gasteiger partial charge is 0.417 e. The molecule has 0 radical (unpaired) electrons. The maximum atomic E-state index is 12.7. The molecule has 0 nitrogen and oxygen atoms in total. The van der Waals surface area contributed by atoms with Crippen molar-refractivity contribution in [2.45, 2.75) is 31.9 Å². The molecule has 0 aromatic heterocycles. The highest BCUT2D eigenvalue weighted by atomic mass is 19.4. The molecular weight excluding hydrogens is 303 g/mol. The van der Waals surface area contributed by atoms with Crippen LogP contribution in [-0.4, -0.2) is 0 Å². The fourth-order valence-electron chi connectivity index (χ4n) is 1.79. The number of hydrogen-bond donors (Lipinski definition) is 0. The van der Waals surface area contributed by atoms with E-state index in [-0.39, 0.29) is 6.07 Å². The molecule has 0 saturated heterocycles. The highest BCUT2D eigenvalue weighted by Crippen LogP contribution is 2.47. The average molecular weight is 310 g/mol. The van der Waals surface area contributed by atoms with Crippen LogP contribution in [0.15, 0.2) is 12.1 Å². The van der Waals surface area contributed by atoms with Crippen LogP contribution in [-0.2, 0) is 24.9 Å². The highest BCUT2D eigenvalue weighted by molar-refractivity contribution is 5.46. The molecule has 0 spiro atoms. The lowest BCUT2D eigenvalue weighted by molar-refractivity contribution is -0.175. The first-order valence-corrected chi connectivity index (χ1v) is 5.17. The number of alkyl halides is 9. The molecule has 0 unspecified atom stereocenters. The molecule has 1 rings (SSSR count). The van der Waals surface area contributed by atoms with Crippen molar-refractivity contribution in [1.82, 2.24) is 0 Å². The zero-order chi connectivity index (χ0) is 15.9. The van der Waals surface area contributed by atoms with E-state index in [4.69, 9.17) is 0 Å². The average Bonchev–Trinajstić information content (AvgIpc) is 2.23. The summed E-state index contributed by atoms with van der Waals surface area (Å²) in [6.45, 7) is 1.12. The van der Waals surface area contributed by atoms with Crippen LogP contribution in [0, 0.1) is 0 Å². The van der Waals surface area contributed by atoms with Gasteiger partial charge >= 0.3 is 18.5 Å². The summed E-state index contributed by atoms with van der Waals surface area (Å²) in [6.07, 6.45) is -17.3. The highest BCUT2D eigenvalue weighted by Gasteiger charge is 2.50. The number of rotatable bonds is 1. The van der Waals surface area contributed by atoms with Gasteiger partial charge in [-0.1, -0.05) is 13.0 Å². The summed E-state index contributed by atoms with van der Waals surface area (Å²) in [6, 6.07) is 0.442. The van der Waals surface area contributed by atoms with Crippen molar-refractivity contribution in [3.8, 4) is 0 Å². The number of benzene rings is 1. The Morgan fingerprint density at radius 3 is 1.45 bits per heavy atom. The minimum absolute atomic E-state index is 0.0247. The van der Waals surface area contributed by atoms with Crippen LogP contribution >= 0.6 is 0 Å². The van der Waals surface area contributed by atoms with Gasteiger partial charge in [-0.05, 0) is 18.1 Å². The quantitative estimate of drug-likeness (QED) is 0.617. The van der Waals surface area contributed by atoms with Crippen LogP contribution in [0.3, 0.4) is 0 Å². The Bertz CT molecular complexity index is 490. The van der Waals surface area contributed by atoms with Gasteiger partial charge in [0.25, 0.3) is 0 Å². The molecule has 20 heavy (non-hydrogen) atoms. The molecule has 0 fully saturated rings. The summed E-state index contributed by atoms with van der Waals surface area (Å²) in [5, 5.41) is 0. The molecular formula is C11H7F9. The number of halogens is 9. The van der Waals surface area contributed by atoms with Crippen molar-refractivity contribution in [2.24, 2.45) is 0 Å². The second-order valence-electron chi connectivity index (χ2n) is 3.87. The molecule has 0 amide bonds. The smallest absolute Gasteiger partial charge is 0.166 e. The third-order valence-electron chi connectivity index (χ3n) is 2.54. The molecule has 0 aliphatic heterocycles. The van der Waals surface area contributed by atoms with Gasteiger partial charge in [0.1, 0.15) is 0 Å². The Morgan fingerprint density at radius 2 is 1.15 bits per heavy atom. The first-order chi connectivity index (χ1) is 8.80. The molecule has 9 heteroatoms. The topological polar surface area (TPSA) is 0 Å². The third kappa shape index (κ3) is 3.18. The Kier molecular flexibility index (Phi) is 4.04. The van der Waals surface area contributed by atoms with E-state index in [1.807, 2.05) is 0 Å². The molecule has 0 heterocycles. The molecule has 0 saturated carbocycles. The summed E-state index contributed by atoms with van der Waals surface area (Å²) in [4.78, 5) is 0. The second kappa shape index (κ2) is 4.85. The number of hydrogen-bond acceptors (Lipinski definition) is 0. The van der Waals surface area contributed by atoms with E-state index in [2.05, 4.69) is 0 Å². The van der Waals surface area contributed by atoms with E-state index >= 15 is 0 Å². The predicted octanol–water partition coefficient (Wildman–Crippen LogP) is 5.31. The summed E-state index contributed by atoms with van der Waals surface area (Å²) < 4.78 is 114. The molecule has 1 aromatic rings. The Morgan fingerprint density at radius 1 is 0.700 bits per heavy atom. The fraction of sp³-hybridized carbons (Fsp3) is 0.455. The molecule has 0 aliphatic rings. The van der Waals surface area contributed by atoms with Crippen LogP contribution in [0.2, 0.25) is 0 Å². The Labute approximate surface area is 107 Å². The standard InChI is InChI=1S/C11H7F9/c1-2-5-3-4-6(9(12,13)14)8(11(18,19)20)7(5)10(15,16)17/h3-4H,2H2,1H3. The fourth-order valence-corrected chi connectivity index (χ4v) is 1.79. The summed E-state index contributed by atoms with van der Waals surface area (Å²) in [7, 11) is 0. The van der Waals surface area contributed by atoms with Crippen LogP contribution in [0.25, 0.3) is 0 Å². The molecule has 0 bridgehead atoms. The van der Waals surface area contributed by atoms with Gasteiger partial charge in [0.05, 0.1) is 16.7 Å². The van der Waals surface area contributed by atoms with Gasteiger partial charge in [-0.25, -0.2) is 0 Å². The van der Waals surface area contributed by atoms with E-state index in [0.717, 1.165) is 6.92 Å². The SMILES string of the molecule is CCc1ccc(C(F)(F)F)c(C(F)(F)F)c1C(F)(F)F. The van der Waals surface area contributed by atoms with Crippen molar-refractivity contribution in [3.05, 3.63) is 34.4 Å². The van der Waals surface area contributed by atoms with Gasteiger partial charge in [-0.15, -0.1) is 0 Å². The first-order valence-electron chi connectivity index (χ1n) is 5.17. The third-order valence-corrected chi connectivity index (χ3v) is 2.54. The van der Waals surface area contributed by atoms with Crippen molar-refractivity contribution >= 4 is 0 Å². The first kappa shape index (κ1) is 16.6. The van der Waals surface area contributed by atoms with E-state index in [9.17, 15) is 39.5 Å². The second-order valence-corrected chi connectivity index (χ2v) is 3.87. The van der Waals surface area contributed by atoms with Gasteiger partial charge < -0.3 is 0 Å². The normalized spacial score (nSPS) is 13.7.